The fraction of sp³-hybridized carbons (Fsp3) is 0. The molecule has 0 saturated carbocycles. The van der Waals surface area contributed by atoms with Gasteiger partial charge in [-0.3, -0.25) is 0 Å². The second-order valence-corrected chi connectivity index (χ2v) is 16.7. The number of nitrogens with zero attached hydrogens (tertiary/aromatic N) is 2. The third-order valence-corrected chi connectivity index (χ3v) is 12.4. The zero-order valence-corrected chi connectivity index (χ0v) is 37.9. The molecule has 0 spiro atoms. The van der Waals surface area contributed by atoms with Crippen molar-refractivity contribution in [1.29, 1.82) is 0 Å². The van der Waals surface area contributed by atoms with Crippen molar-refractivity contribution < 1.29 is 0 Å². The summed E-state index contributed by atoms with van der Waals surface area (Å²) in [4.78, 5) is 4.60. The van der Waals surface area contributed by atoms with Gasteiger partial charge < -0.3 is 9.80 Å². The molecule has 0 saturated heterocycles. The third kappa shape index (κ3) is 9.39. The molecule has 0 fully saturated rings. The smallest absolute Gasteiger partial charge is 0.0462 e. The maximum atomic E-state index is 3.99. The first kappa shape index (κ1) is 42.9. The van der Waals surface area contributed by atoms with Crippen molar-refractivity contribution in [3.63, 3.8) is 0 Å². The highest BCUT2D eigenvalue weighted by atomic mass is 15.1. The molecule has 0 aliphatic heterocycles. The minimum atomic E-state index is 1.04. The number of hydrogen-bond donors (Lipinski definition) is 0. The summed E-state index contributed by atoms with van der Waals surface area (Å²) in [5.41, 5.74) is 20.5. The normalized spacial score (nSPS) is 11.1. The Bertz CT molecular complexity index is 3320. The van der Waals surface area contributed by atoms with Crippen molar-refractivity contribution in [2.24, 2.45) is 0 Å². The maximum Gasteiger partial charge on any atom is 0.0462 e. The second-order valence-electron chi connectivity index (χ2n) is 16.7. The van der Waals surface area contributed by atoms with Gasteiger partial charge in [-0.2, -0.15) is 0 Å². The predicted octanol–water partition coefficient (Wildman–Crippen LogP) is 18.7. The van der Waals surface area contributed by atoms with E-state index in [0.29, 0.717) is 0 Å². The van der Waals surface area contributed by atoms with Gasteiger partial charge in [0.15, 0.2) is 0 Å². The van der Waals surface area contributed by atoms with Gasteiger partial charge in [-0.25, -0.2) is 0 Å². The number of allylic oxidation sites excluding steroid dienone is 4. The van der Waals surface area contributed by atoms with Gasteiger partial charge in [0.25, 0.3) is 0 Å². The van der Waals surface area contributed by atoms with Crippen LogP contribution in [0.4, 0.5) is 34.1 Å². The van der Waals surface area contributed by atoms with Gasteiger partial charge in [-0.15, -0.1) is 0 Å². The lowest BCUT2D eigenvalue weighted by Crippen LogP contribution is -2.09. The average molecular weight is 871 g/mol. The molecule has 0 unspecified atom stereocenters. The minimum Gasteiger partial charge on any atom is -0.311 e. The molecule has 0 heterocycles. The van der Waals surface area contributed by atoms with Crippen molar-refractivity contribution >= 4 is 39.7 Å². The monoisotopic (exact) mass is 870 g/mol. The van der Waals surface area contributed by atoms with Gasteiger partial charge in [0.05, 0.1) is 0 Å². The lowest BCUT2D eigenvalue weighted by atomic mass is 9.94. The van der Waals surface area contributed by atoms with Crippen LogP contribution in [0, 0.1) is 0 Å². The van der Waals surface area contributed by atoms with Gasteiger partial charge in [-0.1, -0.05) is 201 Å². The molecular formula is C66H50N2. The molecule has 10 rings (SSSR count). The van der Waals surface area contributed by atoms with Crippen LogP contribution in [0.3, 0.4) is 0 Å². The first-order valence-corrected chi connectivity index (χ1v) is 23.1. The van der Waals surface area contributed by atoms with Crippen LogP contribution >= 0.6 is 0 Å². The molecule has 0 aliphatic rings. The molecular weight excluding hydrogens is 821 g/mol. The Morgan fingerprint density at radius 2 is 0.529 bits per heavy atom. The molecule has 2 nitrogen and oxygen atoms in total. The van der Waals surface area contributed by atoms with Crippen LogP contribution in [-0.4, -0.2) is 0 Å². The quantitative estimate of drug-likeness (QED) is 0.100. The highest BCUT2D eigenvalue weighted by Gasteiger charge is 2.15. The summed E-state index contributed by atoms with van der Waals surface area (Å²) < 4.78 is 0. The van der Waals surface area contributed by atoms with E-state index in [1.54, 1.807) is 6.08 Å². The van der Waals surface area contributed by atoms with Crippen molar-refractivity contribution in [2.75, 3.05) is 9.80 Å². The lowest BCUT2D eigenvalue weighted by Gasteiger charge is -2.26. The SMILES string of the molecule is C=C/C=C(\C=C)c1ccc(N(c2ccccc2)c2ccc(-c3cccc(-c4cccc(-c5cccc(-c6ccc(N(c7ccccc7)c7ccc(-c8ccccc8)cc7)cc6)c5)c4)c3)cc2)cc1. The van der Waals surface area contributed by atoms with Crippen molar-refractivity contribution in [3.05, 3.63) is 298 Å². The van der Waals surface area contributed by atoms with E-state index in [1.807, 2.05) is 12.2 Å². The number of rotatable bonds is 14. The zero-order chi connectivity index (χ0) is 46.1. The minimum absolute atomic E-state index is 1.04. The summed E-state index contributed by atoms with van der Waals surface area (Å²) in [6.07, 6.45) is 5.64. The summed E-state index contributed by atoms with van der Waals surface area (Å²) in [5.74, 6) is 0. The van der Waals surface area contributed by atoms with Crippen molar-refractivity contribution in [3.8, 4) is 55.6 Å². The molecule has 0 aliphatic carbocycles. The van der Waals surface area contributed by atoms with Crippen LogP contribution in [0.15, 0.2) is 292 Å². The van der Waals surface area contributed by atoms with E-state index in [4.69, 9.17) is 0 Å². The Balaban J connectivity index is 0.886. The summed E-state index contributed by atoms with van der Waals surface area (Å²) in [6.45, 7) is 7.86. The van der Waals surface area contributed by atoms with E-state index < -0.39 is 0 Å². The number of para-hydroxylation sites is 2. The number of hydrogen-bond acceptors (Lipinski definition) is 2. The van der Waals surface area contributed by atoms with Gasteiger partial charge in [0.1, 0.15) is 0 Å². The van der Waals surface area contributed by atoms with E-state index in [0.717, 1.165) is 50.8 Å². The van der Waals surface area contributed by atoms with Crippen LogP contribution < -0.4 is 9.80 Å². The van der Waals surface area contributed by atoms with Gasteiger partial charge in [0, 0.05) is 34.1 Å². The fourth-order valence-electron chi connectivity index (χ4n) is 8.94. The molecule has 2 heteroatoms. The van der Waals surface area contributed by atoms with Crippen LogP contribution in [-0.2, 0) is 0 Å². The van der Waals surface area contributed by atoms with Crippen molar-refractivity contribution in [1.82, 2.24) is 0 Å². The molecule has 0 atom stereocenters. The Hall–Kier alpha value is -8.98. The van der Waals surface area contributed by atoms with E-state index >= 15 is 0 Å². The fourth-order valence-corrected chi connectivity index (χ4v) is 8.94. The number of benzene rings is 10. The van der Waals surface area contributed by atoms with Crippen LogP contribution in [0.25, 0.3) is 61.2 Å². The van der Waals surface area contributed by atoms with Crippen molar-refractivity contribution in [2.45, 2.75) is 0 Å². The van der Waals surface area contributed by atoms with Gasteiger partial charge >= 0.3 is 0 Å². The molecule has 0 radical (unpaired) electrons. The molecule has 0 bridgehead atoms. The first-order valence-electron chi connectivity index (χ1n) is 23.1. The van der Waals surface area contributed by atoms with E-state index in [-0.39, 0.29) is 0 Å². The maximum absolute atomic E-state index is 3.99. The highest BCUT2D eigenvalue weighted by Crippen LogP contribution is 2.39. The van der Waals surface area contributed by atoms with Crippen LogP contribution in [0.2, 0.25) is 0 Å². The predicted molar refractivity (Wildman–Crippen MR) is 291 cm³/mol. The average Bonchev–Trinajstić information content (AvgIpc) is 3.42. The summed E-state index contributed by atoms with van der Waals surface area (Å²) in [5, 5.41) is 0. The highest BCUT2D eigenvalue weighted by molar-refractivity contribution is 5.84. The molecule has 324 valence electrons. The Labute approximate surface area is 401 Å². The summed E-state index contributed by atoms with van der Waals surface area (Å²) in [6, 6.07) is 93.4. The number of anilines is 6. The van der Waals surface area contributed by atoms with Gasteiger partial charge in [0.2, 0.25) is 0 Å². The summed E-state index contributed by atoms with van der Waals surface area (Å²) >= 11 is 0. The molecule has 0 aromatic heterocycles. The Morgan fingerprint density at radius 1 is 0.265 bits per heavy atom. The standard InChI is InChI=1S/C66H50N2/c1-3-17-49(4-2)51-30-38-63(39-31-51)67(61-26-10-6-11-27-61)65-42-34-53(35-43-65)55-20-14-22-57(46-55)59-24-16-25-60(48-59)58-23-15-21-56(47-58)54-36-44-66(45-37-54)68(62-28-12-7-13-29-62)64-40-32-52(33-41-64)50-18-8-5-9-19-50/h3-48H,1-2H2/b49-17+. The summed E-state index contributed by atoms with van der Waals surface area (Å²) in [7, 11) is 0. The molecule has 0 amide bonds. The Morgan fingerprint density at radius 3 is 0.868 bits per heavy atom. The second kappa shape index (κ2) is 20.0. The first-order chi connectivity index (χ1) is 33.6. The Kier molecular flexibility index (Phi) is 12.7. The van der Waals surface area contributed by atoms with E-state index in [1.165, 1.54) is 50.1 Å². The largest absolute Gasteiger partial charge is 0.311 e. The van der Waals surface area contributed by atoms with Crippen LogP contribution in [0.5, 0.6) is 0 Å². The molecule has 10 aromatic rings. The zero-order valence-electron chi connectivity index (χ0n) is 37.9. The van der Waals surface area contributed by atoms with E-state index in [9.17, 15) is 0 Å². The topological polar surface area (TPSA) is 6.48 Å². The lowest BCUT2D eigenvalue weighted by molar-refractivity contribution is 1.28. The third-order valence-electron chi connectivity index (χ3n) is 12.4. The molecule has 10 aromatic carbocycles. The van der Waals surface area contributed by atoms with E-state index in [2.05, 4.69) is 284 Å². The van der Waals surface area contributed by atoms with Gasteiger partial charge in [-0.05, 0) is 158 Å². The molecule has 68 heavy (non-hydrogen) atoms. The molecule has 0 N–H and O–H groups in total. The van der Waals surface area contributed by atoms with Crippen LogP contribution in [0.1, 0.15) is 5.56 Å².